The molecular weight excluding hydrogens is 527 g/mol. The number of halogens is 3. The number of nitrogens with zero attached hydrogens (tertiary/aromatic N) is 3. The zero-order valence-corrected chi connectivity index (χ0v) is 22.4. The number of aliphatic hydroxyl groups is 2. The van der Waals surface area contributed by atoms with E-state index in [9.17, 15) is 28.2 Å². The minimum atomic E-state index is -4.62. The van der Waals surface area contributed by atoms with Gasteiger partial charge < -0.3 is 29.5 Å². The van der Waals surface area contributed by atoms with Crippen LogP contribution in [-0.2, 0) is 13.0 Å². The Bertz CT molecular complexity index is 1170. The van der Waals surface area contributed by atoms with Crippen molar-refractivity contribution in [1.29, 1.82) is 0 Å². The van der Waals surface area contributed by atoms with Crippen molar-refractivity contribution in [1.82, 2.24) is 14.7 Å². The number of β-amino-alcohol motifs (C(OH)–C–C–N with tert-alkyl or cyclic N) is 2. The van der Waals surface area contributed by atoms with E-state index in [4.69, 9.17) is 9.47 Å². The standard InChI is InChI=1S/C29H36F3N3O5/c30-29(31,32)27(37)19-33-11-8-23(9-12-33)40-24-5-6-25-26(15-24)39-14-13-35(28(25)38)18-22(36)17-34-10-7-20-3-1-2-4-21(20)16-34/h1-6,15,22-23,27,36-37H,7-14,16-19H2. The van der Waals surface area contributed by atoms with Crippen LogP contribution < -0.4 is 9.47 Å². The molecule has 2 aromatic rings. The first kappa shape index (κ1) is 28.7. The predicted octanol–water partition coefficient (Wildman–Crippen LogP) is 2.71. The molecule has 1 fully saturated rings. The molecule has 11 heteroatoms. The van der Waals surface area contributed by atoms with Crippen LogP contribution in [0.5, 0.6) is 11.5 Å². The van der Waals surface area contributed by atoms with Gasteiger partial charge in [-0.05, 0) is 42.5 Å². The minimum Gasteiger partial charge on any atom is -0.491 e. The van der Waals surface area contributed by atoms with Gasteiger partial charge in [-0.3, -0.25) is 9.69 Å². The molecule has 40 heavy (non-hydrogen) atoms. The maximum atomic E-state index is 13.3. The summed E-state index contributed by atoms with van der Waals surface area (Å²) in [6, 6.07) is 13.4. The van der Waals surface area contributed by atoms with E-state index in [0.717, 1.165) is 19.5 Å². The van der Waals surface area contributed by atoms with Gasteiger partial charge in [-0.1, -0.05) is 24.3 Å². The number of hydrogen-bond acceptors (Lipinski definition) is 7. The molecule has 3 aliphatic rings. The lowest BCUT2D eigenvalue weighted by atomic mass is 10.00. The second kappa shape index (κ2) is 12.3. The predicted molar refractivity (Wildman–Crippen MR) is 141 cm³/mol. The lowest BCUT2D eigenvalue weighted by Crippen LogP contribution is -2.45. The number of ether oxygens (including phenoxy) is 2. The molecule has 0 spiro atoms. The number of fused-ring (bicyclic) bond motifs is 2. The van der Waals surface area contributed by atoms with Gasteiger partial charge in [0.2, 0.25) is 0 Å². The Labute approximate surface area is 231 Å². The van der Waals surface area contributed by atoms with Crippen molar-refractivity contribution < 1.29 is 37.7 Å². The molecule has 0 bridgehead atoms. The summed E-state index contributed by atoms with van der Waals surface area (Å²) in [5, 5.41) is 20.1. The number of carbonyl (C=O) groups excluding carboxylic acids is 1. The molecule has 0 aromatic heterocycles. The molecule has 218 valence electrons. The van der Waals surface area contributed by atoms with Crippen molar-refractivity contribution in [2.24, 2.45) is 0 Å². The normalized spacial score (nSPS) is 20.7. The van der Waals surface area contributed by atoms with Gasteiger partial charge in [0, 0.05) is 51.9 Å². The molecule has 2 atom stereocenters. The first-order valence-corrected chi connectivity index (χ1v) is 13.8. The fourth-order valence-electron chi connectivity index (χ4n) is 5.65. The number of likely N-dealkylation sites (tertiary alicyclic amines) is 1. The van der Waals surface area contributed by atoms with E-state index < -0.39 is 24.9 Å². The molecule has 5 rings (SSSR count). The lowest BCUT2D eigenvalue weighted by Gasteiger charge is -2.33. The van der Waals surface area contributed by atoms with Gasteiger partial charge in [0.15, 0.2) is 6.10 Å². The zero-order valence-electron chi connectivity index (χ0n) is 22.4. The molecule has 1 saturated heterocycles. The van der Waals surface area contributed by atoms with E-state index >= 15 is 0 Å². The van der Waals surface area contributed by atoms with Crippen LogP contribution in [-0.4, -0.2) is 108 Å². The van der Waals surface area contributed by atoms with Crippen molar-refractivity contribution in [3.63, 3.8) is 0 Å². The van der Waals surface area contributed by atoms with Crippen LogP contribution in [0.2, 0.25) is 0 Å². The van der Waals surface area contributed by atoms with Crippen LogP contribution in [0, 0.1) is 0 Å². The van der Waals surface area contributed by atoms with Crippen molar-refractivity contribution >= 4 is 5.91 Å². The third-order valence-corrected chi connectivity index (χ3v) is 7.85. The highest BCUT2D eigenvalue weighted by atomic mass is 19.4. The maximum absolute atomic E-state index is 13.3. The summed E-state index contributed by atoms with van der Waals surface area (Å²) in [4.78, 5) is 18.7. The molecule has 0 saturated carbocycles. The molecular formula is C29H36F3N3O5. The molecule has 3 aliphatic heterocycles. The molecule has 2 aromatic carbocycles. The summed E-state index contributed by atoms with van der Waals surface area (Å²) in [7, 11) is 0. The number of alkyl halides is 3. The highest BCUT2D eigenvalue weighted by molar-refractivity contribution is 5.97. The van der Waals surface area contributed by atoms with Gasteiger partial charge in [-0.2, -0.15) is 13.2 Å². The minimum absolute atomic E-state index is 0.188. The Morgan fingerprint density at radius 3 is 2.45 bits per heavy atom. The second-order valence-corrected chi connectivity index (χ2v) is 10.8. The average Bonchev–Trinajstić information content (AvgIpc) is 3.07. The first-order valence-electron chi connectivity index (χ1n) is 13.8. The average molecular weight is 564 g/mol. The van der Waals surface area contributed by atoms with Gasteiger partial charge in [-0.25, -0.2) is 0 Å². The largest absolute Gasteiger partial charge is 0.491 e. The summed E-state index contributed by atoms with van der Waals surface area (Å²) in [6.07, 6.45) is -5.87. The summed E-state index contributed by atoms with van der Waals surface area (Å²) in [6.45, 7) is 3.31. The summed E-state index contributed by atoms with van der Waals surface area (Å²) in [5.74, 6) is 0.732. The maximum Gasteiger partial charge on any atom is 0.415 e. The Morgan fingerprint density at radius 2 is 1.70 bits per heavy atom. The number of amides is 1. The SMILES string of the molecule is O=C1c2ccc(OC3CCN(CC(O)C(F)(F)F)CC3)cc2OCCN1CC(O)CN1CCc2ccccc2C1. The number of benzene rings is 2. The van der Waals surface area contributed by atoms with E-state index in [1.165, 1.54) is 11.1 Å². The van der Waals surface area contributed by atoms with Gasteiger partial charge in [0.1, 0.15) is 24.2 Å². The number of aliphatic hydroxyl groups excluding tert-OH is 2. The van der Waals surface area contributed by atoms with Gasteiger partial charge in [0.05, 0.1) is 18.2 Å². The van der Waals surface area contributed by atoms with Gasteiger partial charge >= 0.3 is 6.18 Å². The summed E-state index contributed by atoms with van der Waals surface area (Å²) in [5.41, 5.74) is 3.03. The quantitative estimate of drug-likeness (QED) is 0.511. The highest BCUT2D eigenvalue weighted by Crippen LogP contribution is 2.30. The number of piperidine rings is 1. The van der Waals surface area contributed by atoms with Crippen molar-refractivity contribution in [3.8, 4) is 11.5 Å². The number of rotatable bonds is 8. The number of carbonyl (C=O) groups is 1. The topological polar surface area (TPSA) is 85.7 Å². The molecule has 3 heterocycles. The van der Waals surface area contributed by atoms with Crippen LogP contribution in [0.25, 0.3) is 0 Å². The Morgan fingerprint density at radius 1 is 0.950 bits per heavy atom. The third kappa shape index (κ3) is 7.06. The molecule has 2 unspecified atom stereocenters. The van der Waals surface area contributed by atoms with Crippen LogP contribution in [0.4, 0.5) is 13.2 Å². The fraction of sp³-hybridized carbons (Fsp3) is 0.552. The Hall–Kier alpha value is -2.86. The highest BCUT2D eigenvalue weighted by Gasteiger charge is 2.39. The summed E-state index contributed by atoms with van der Waals surface area (Å²) >= 11 is 0. The molecule has 1 amide bonds. The van der Waals surface area contributed by atoms with Crippen molar-refractivity contribution in [2.75, 3.05) is 52.4 Å². The smallest absolute Gasteiger partial charge is 0.415 e. The Kier molecular flexibility index (Phi) is 8.84. The molecule has 0 radical (unpaired) electrons. The number of hydrogen-bond donors (Lipinski definition) is 2. The van der Waals surface area contributed by atoms with E-state index in [2.05, 4.69) is 17.0 Å². The Balaban J connectivity index is 1.12. The third-order valence-electron chi connectivity index (χ3n) is 7.85. The van der Waals surface area contributed by atoms with Crippen LogP contribution >= 0.6 is 0 Å². The van der Waals surface area contributed by atoms with Crippen molar-refractivity contribution in [2.45, 2.75) is 50.3 Å². The lowest BCUT2D eigenvalue weighted by molar-refractivity contribution is -0.208. The van der Waals surface area contributed by atoms with Gasteiger partial charge in [-0.15, -0.1) is 0 Å². The van der Waals surface area contributed by atoms with Gasteiger partial charge in [0.25, 0.3) is 5.91 Å². The van der Waals surface area contributed by atoms with E-state index in [1.54, 1.807) is 28.0 Å². The fourth-order valence-corrected chi connectivity index (χ4v) is 5.65. The van der Waals surface area contributed by atoms with E-state index in [1.807, 2.05) is 12.1 Å². The molecule has 0 aliphatic carbocycles. The zero-order chi connectivity index (χ0) is 28.3. The first-order chi connectivity index (χ1) is 19.2. The van der Waals surface area contributed by atoms with Crippen LogP contribution in [0.15, 0.2) is 42.5 Å². The van der Waals surface area contributed by atoms with E-state index in [-0.39, 0.29) is 25.2 Å². The monoisotopic (exact) mass is 563 g/mol. The molecule has 8 nitrogen and oxygen atoms in total. The van der Waals surface area contributed by atoms with Crippen LogP contribution in [0.3, 0.4) is 0 Å². The van der Waals surface area contributed by atoms with E-state index in [0.29, 0.717) is 56.1 Å². The summed E-state index contributed by atoms with van der Waals surface area (Å²) < 4.78 is 49.8. The van der Waals surface area contributed by atoms with Crippen molar-refractivity contribution in [3.05, 3.63) is 59.2 Å². The molecule has 2 N–H and O–H groups in total. The second-order valence-electron chi connectivity index (χ2n) is 10.8. The van der Waals surface area contributed by atoms with Crippen LogP contribution in [0.1, 0.15) is 34.3 Å².